The minimum Gasteiger partial charge on any atom is -0.388 e. The van der Waals surface area contributed by atoms with Crippen molar-refractivity contribution in [2.24, 2.45) is 11.8 Å². The Labute approximate surface area is 249 Å². The van der Waals surface area contributed by atoms with Crippen molar-refractivity contribution in [2.75, 3.05) is 19.6 Å². The first-order valence-corrected chi connectivity index (χ1v) is 18.0. The molecule has 1 unspecified atom stereocenters. The number of nitrogens with zero attached hydrogens (tertiary/aromatic N) is 1. The van der Waals surface area contributed by atoms with Gasteiger partial charge >= 0.3 is 0 Å². The van der Waals surface area contributed by atoms with Crippen molar-refractivity contribution < 1.29 is 4.79 Å². The summed E-state index contributed by atoms with van der Waals surface area (Å²) in [5.74, 6) is 1.66. The molecule has 230 valence electrons. The van der Waals surface area contributed by atoms with Crippen LogP contribution < -0.4 is 5.32 Å². The fourth-order valence-electron chi connectivity index (χ4n) is 7.08. The number of unbranched alkanes of at least 4 members (excludes halogenated alkanes) is 7. The fraction of sp³-hybridized carbons (Fsp3) is 0.865. The average molecular weight is 555 g/mol. The summed E-state index contributed by atoms with van der Waals surface area (Å²) in [5, 5.41) is 3.88. The second-order valence-corrected chi connectivity index (χ2v) is 13.7. The number of hydrogen-bond acceptors (Lipinski definition) is 3. The minimum absolute atomic E-state index is 0.134. The monoisotopic (exact) mass is 555 g/mol. The number of ketones is 1. The van der Waals surface area contributed by atoms with Crippen molar-refractivity contribution in [2.45, 2.75) is 175 Å². The molecule has 0 spiro atoms. The van der Waals surface area contributed by atoms with E-state index < -0.39 is 0 Å². The highest BCUT2D eigenvalue weighted by molar-refractivity contribution is 5.87. The van der Waals surface area contributed by atoms with Gasteiger partial charge in [-0.2, -0.15) is 0 Å². The molecule has 1 N–H and O–H groups in total. The lowest BCUT2D eigenvalue weighted by Crippen LogP contribution is -2.46. The van der Waals surface area contributed by atoms with Gasteiger partial charge in [0.05, 0.1) is 6.04 Å². The number of rotatable bonds is 23. The predicted octanol–water partition coefficient (Wildman–Crippen LogP) is 10.3. The predicted molar refractivity (Wildman–Crippen MR) is 174 cm³/mol. The Balaban J connectivity index is 1.31. The Bertz CT molecular complexity index is 772. The van der Waals surface area contributed by atoms with Crippen molar-refractivity contribution in [1.82, 2.24) is 10.2 Å². The zero-order valence-corrected chi connectivity index (χ0v) is 27.3. The van der Waals surface area contributed by atoms with E-state index >= 15 is 0 Å². The number of allylic oxidation sites excluding steroid dienone is 4. The van der Waals surface area contributed by atoms with E-state index in [-0.39, 0.29) is 6.04 Å². The molecule has 0 radical (unpaired) electrons. The normalized spacial score (nSPS) is 17.9. The summed E-state index contributed by atoms with van der Waals surface area (Å²) < 4.78 is 0. The van der Waals surface area contributed by atoms with Gasteiger partial charge in [-0.1, -0.05) is 89.4 Å². The maximum Gasteiger partial charge on any atom is 0.153 e. The van der Waals surface area contributed by atoms with Crippen LogP contribution in [0.25, 0.3) is 0 Å². The Morgan fingerprint density at radius 1 is 0.775 bits per heavy atom. The first kappa shape index (κ1) is 33.4. The van der Waals surface area contributed by atoms with E-state index in [0.29, 0.717) is 11.7 Å². The lowest BCUT2D eigenvalue weighted by atomic mass is 9.78. The molecule has 3 rings (SSSR count). The van der Waals surface area contributed by atoms with Crippen molar-refractivity contribution >= 4 is 5.78 Å². The van der Waals surface area contributed by atoms with Gasteiger partial charge in [0.2, 0.25) is 0 Å². The second kappa shape index (κ2) is 19.2. The number of hydrogen-bond donors (Lipinski definition) is 1. The van der Waals surface area contributed by atoms with Crippen LogP contribution in [0, 0.1) is 11.8 Å². The molecule has 0 aliphatic heterocycles. The summed E-state index contributed by atoms with van der Waals surface area (Å²) >= 11 is 0. The minimum atomic E-state index is 0.134. The maximum atomic E-state index is 13.4. The molecule has 3 nitrogen and oxygen atoms in total. The zero-order chi connectivity index (χ0) is 28.6. The number of Topliss-reactive ketones (excluding diaryl/α,β-unsaturated/α-hetero) is 1. The smallest absolute Gasteiger partial charge is 0.153 e. The first-order chi connectivity index (χ1) is 19.5. The lowest BCUT2D eigenvalue weighted by molar-refractivity contribution is -0.131. The molecule has 0 aromatic carbocycles. The molecule has 0 heterocycles. The maximum absolute atomic E-state index is 13.4. The third kappa shape index (κ3) is 11.0. The van der Waals surface area contributed by atoms with Gasteiger partial charge in [0.15, 0.2) is 5.78 Å². The van der Waals surface area contributed by atoms with E-state index in [4.69, 9.17) is 0 Å². The summed E-state index contributed by atoms with van der Waals surface area (Å²) in [6.45, 7) is 12.5. The highest BCUT2D eigenvalue weighted by Gasteiger charge is 2.34. The van der Waals surface area contributed by atoms with Gasteiger partial charge in [-0.15, -0.1) is 0 Å². The van der Waals surface area contributed by atoms with Gasteiger partial charge < -0.3 is 5.32 Å². The van der Waals surface area contributed by atoms with E-state index in [9.17, 15) is 4.79 Å². The molecular formula is C37H66N2O. The summed E-state index contributed by atoms with van der Waals surface area (Å²) in [7, 11) is 0. The van der Waals surface area contributed by atoms with Gasteiger partial charge in [-0.25, -0.2) is 0 Å². The Kier molecular flexibility index (Phi) is 16.0. The van der Waals surface area contributed by atoms with E-state index in [2.05, 4.69) is 37.9 Å². The molecule has 40 heavy (non-hydrogen) atoms. The SMILES string of the molecule is CCCN(CCC)C(CCC(NCCCCCCCCCCC(=C1CCC1)C(C)C)=C1CCC1)C(=O)C1CCC1. The van der Waals surface area contributed by atoms with Crippen molar-refractivity contribution in [3.63, 3.8) is 0 Å². The zero-order valence-electron chi connectivity index (χ0n) is 27.3. The van der Waals surface area contributed by atoms with Crippen molar-refractivity contribution in [3.05, 3.63) is 22.4 Å². The Morgan fingerprint density at radius 3 is 1.82 bits per heavy atom. The van der Waals surface area contributed by atoms with E-state index in [1.807, 2.05) is 0 Å². The van der Waals surface area contributed by atoms with E-state index in [0.717, 1.165) is 64.1 Å². The van der Waals surface area contributed by atoms with Crippen LogP contribution >= 0.6 is 0 Å². The van der Waals surface area contributed by atoms with Gasteiger partial charge in [-0.05, 0) is 115 Å². The van der Waals surface area contributed by atoms with E-state index in [1.54, 1.807) is 16.7 Å². The number of carbonyl (C=O) groups is 1. The molecule has 0 saturated heterocycles. The van der Waals surface area contributed by atoms with Crippen LogP contribution in [-0.2, 0) is 4.79 Å². The van der Waals surface area contributed by atoms with Crippen LogP contribution in [0.2, 0.25) is 0 Å². The third-order valence-electron chi connectivity index (χ3n) is 10.2. The molecule has 3 heteroatoms. The van der Waals surface area contributed by atoms with Crippen LogP contribution in [0.3, 0.4) is 0 Å². The van der Waals surface area contributed by atoms with Gasteiger partial charge in [0, 0.05) is 18.2 Å². The molecule has 3 aliphatic rings. The molecule has 0 aromatic rings. The summed E-state index contributed by atoms with van der Waals surface area (Å²) in [4.78, 5) is 16.0. The largest absolute Gasteiger partial charge is 0.388 e. The topological polar surface area (TPSA) is 32.3 Å². The molecule has 3 fully saturated rings. The molecule has 3 saturated carbocycles. The molecule has 0 amide bonds. The number of nitrogens with one attached hydrogen (secondary N) is 1. The van der Waals surface area contributed by atoms with Crippen molar-refractivity contribution in [3.8, 4) is 0 Å². The number of carbonyl (C=O) groups excluding carboxylic acids is 1. The Morgan fingerprint density at radius 2 is 1.35 bits per heavy atom. The van der Waals surface area contributed by atoms with Crippen LogP contribution in [0.5, 0.6) is 0 Å². The quantitative estimate of drug-likeness (QED) is 0.101. The highest BCUT2D eigenvalue weighted by atomic mass is 16.1. The summed E-state index contributed by atoms with van der Waals surface area (Å²) in [6.07, 6.45) is 28.4. The molecule has 0 aromatic heterocycles. The fourth-order valence-corrected chi connectivity index (χ4v) is 7.08. The van der Waals surface area contributed by atoms with Crippen LogP contribution in [0.15, 0.2) is 22.4 Å². The average Bonchev–Trinajstić information content (AvgIpc) is 2.83. The molecule has 3 aliphatic carbocycles. The van der Waals surface area contributed by atoms with Crippen molar-refractivity contribution in [1.29, 1.82) is 0 Å². The van der Waals surface area contributed by atoms with Gasteiger partial charge in [0.1, 0.15) is 0 Å². The molecule has 0 bridgehead atoms. The standard InChI is InChI=1S/C37H66N2O/c1-5-28-39(29-6-2)36(37(40)33-22-17-23-33)26-25-35(32-20-16-21-32)38-27-14-12-10-8-7-9-11-13-24-34(30(3)4)31-18-15-19-31/h30,33,36,38H,5-29H2,1-4H3. The molecule has 1 atom stereocenters. The van der Waals surface area contributed by atoms with Crippen LogP contribution in [0.4, 0.5) is 0 Å². The summed E-state index contributed by atoms with van der Waals surface area (Å²) in [5.41, 5.74) is 6.76. The van der Waals surface area contributed by atoms with E-state index in [1.165, 1.54) is 108 Å². The van der Waals surface area contributed by atoms with Crippen LogP contribution in [-0.4, -0.2) is 36.4 Å². The highest BCUT2D eigenvalue weighted by Crippen LogP contribution is 2.35. The third-order valence-corrected chi connectivity index (χ3v) is 10.2. The van der Waals surface area contributed by atoms with Gasteiger partial charge in [-0.3, -0.25) is 9.69 Å². The summed E-state index contributed by atoms with van der Waals surface area (Å²) in [6, 6.07) is 0.134. The molecular weight excluding hydrogens is 488 g/mol. The lowest BCUT2D eigenvalue weighted by Gasteiger charge is -2.36. The second-order valence-electron chi connectivity index (χ2n) is 13.7. The van der Waals surface area contributed by atoms with Gasteiger partial charge in [0.25, 0.3) is 0 Å². The first-order valence-electron chi connectivity index (χ1n) is 18.0. The Hall–Kier alpha value is -1.09. The van der Waals surface area contributed by atoms with Crippen LogP contribution in [0.1, 0.15) is 169 Å².